The summed E-state index contributed by atoms with van der Waals surface area (Å²) in [6.07, 6.45) is 3.36. The Balaban J connectivity index is -0.000000270. The SMILES string of the molecule is CC1=[C-]C(C)C(C)=C1C.[F-].[F-].[Hf]. The monoisotopic (exact) mass is 339 g/mol. The molecule has 1 aliphatic carbocycles. The first-order valence-corrected chi connectivity index (χ1v) is 3.40. The van der Waals surface area contributed by atoms with Gasteiger partial charge in [0.05, 0.1) is 0 Å². The summed E-state index contributed by atoms with van der Waals surface area (Å²) in [6.45, 7) is 8.67. The van der Waals surface area contributed by atoms with E-state index in [0.29, 0.717) is 5.92 Å². The maximum absolute atomic E-state index is 3.36. The van der Waals surface area contributed by atoms with E-state index < -0.39 is 0 Å². The summed E-state index contributed by atoms with van der Waals surface area (Å²) in [6, 6.07) is 0. The summed E-state index contributed by atoms with van der Waals surface area (Å²) in [5.41, 5.74) is 4.25. The van der Waals surface area contributed by atoms with Gasteiger partial charge in [-0.05, 0) is 0 Å². The molecule has 1 rings (SSSR count). The molecular formula is C9H13F2Hf-3. The van der Waals surface area contributed by atoms with Gasteiger partial charge in [-0.25, -0.2) is 5.57 Å². The van der Waals surface area contributed by atoms with E-state index in [-0.39, 0.29) is 35.3 Å². The second kappa shape index (κ2) is 6.70. The Bertz CT molecular complexity index is 195. The van der Waals surface area contributed by atoms with Crippen molar-refractivity contribution >= 4 is 0 Å². The minimum absolute atomic E-state index is 0. The zero-order valence-corrected chi connectivity index (χ0v) is 11.4. The number of allylic oxidation sites excluding steroid dienone is 4. The van der Waals surface area contributed by atoms with E-state index >= 15 is 0 Å². The summed E-state index contributed by atoms with van der Waals surface area (Å²) >= 11 is 0. The molecule has 0 saturated heterocycles. The van der Waals surface area contributed by atoms with E-state index in [1.54, 1.807) is 0 Å². The van der Waals surface area contributed by atoms with Gasteiger partial charge in [-0.1, -0.05) is 26.7 Å². The summed E-state index contributed by atoms with van der Waals surface area (Å²) in [4.78, 5) is 0. The van der Waals surface area contributed by atoms with Gasteiger partial charge in [0.15, 0.2) is 0 Å². The van der Waals surface area contributed by atoms with E-state index in [2.05, 4.69) is 33.8 Å². The second-order valence-corrected chi connectivity index (χ2v) is 2.80. The molecule has 0 N–H and O–H groups in total. The molecule has 70 valence electrons. The largest absolute Gasteiger partial charge is 1.00 e. The van der Waals surface area contributed by atoms with E-state index in [1.165, 1.54) is 16.7 Å². The minimum Gasteiger partial charge on any atom is -1.00 e. The number of rotatable bonds is 0. The first-order valence-electron chi connectivity index (χ1n) is 3.40. The van der Waals surface area contributed by atoms with Crippen LogP contribution in [0.5, 0.6) is 0 Å². The molecule has 0 amide bonds. The molecule has 3 heteroatoms. The number of hydrogen-bond donors (Lipinski definition) is 0. The van der Waals surface area contributed by atoms with E-state index in [4.69, 9.17) is 0 Å². The summed E-state index contributed by atoms with van der Waals surface area (Å²) in [7, 11) is 0. The van der Waals surface area contributed by atoms with Crippen molar-refractivity contribution in [1.82, 2.24) is 0 Å². The van der Waals surface area contributed by atoms with Crippen LogP contribution in [0.1, 0.15) is 27.7 Å². The number of hydrogen-bond acceptors (Lipinski definition) is 0. The third-order valence-corrected chi connectivity index (χ3v) is 2.24. The molecular weight excluding hydrogens is 325 g/mol. The smallest absolute Gasteiger partial charge is 0 e. The second-order valence-electron chi connectivity index (χ2n) is 2.80. The van der Waals surface area contributed by atoms with Crippen LogP contribution >= 0.6 is 0 Å². The third-order valence-electron chi connectivity index (χ3n) is 2.24. The molecule has 0 radical (unpaired) electrons. The van der Waals surface area contributed by atoms with Crippen LogP contribution in [0.3, 0.4) is 0 Å². The Morgan fingerprint density at radius 1 is 1.08 bits per heavy atom. The zero-order chi connectivity index (χ0) is 7.02. The van der Waals surface area contributed by atoms with Crippen LogP contribution in [0.4, 0.5) is 0 Å². The van der Waals surface area contributed by atoms with Gasteiger partial charge in [-0.2, -0.15) is 11.1 Å². The van der Waals surface area contributed by atoms with Crippen LogP contribution < -0.4 is 9.41 Å². The molecule has 0 spiro atoms. The molecule has 0 nitrogen and oxygen atoms in total. The summed E-state index contributed by atoms with van der Waals surface area (Å²) in [5.74, 6) is 0.560. The molecule has 0 bridgehead atoms. The molecule has 1 aliphatic rings. The Morgan fingerprint density at radius 3 is 1.58 bits per heavy atom. The fourth-order valence-corrected chi connectivity index (χ4v) is 1.16. The first-order chi connectivity index (χ1) is 4.13. The van der Waals surface area contributed by atoms with Crippen LogP contribution in [0.15, 0.2) is 16.7 Å². The summed E-state index contributed by atoms with van der Waals surface area (Å²) in [5, 5.41) is 0. The van der Waals surface area contributed by atoms with Crippen LogP contribution in [0, 0.1) is 12.0 Å². The predicted molar refractivity (Wildman–Crippen MR) is 40.0 cm³/mol. The van der Waals surface area contributed by atoms with E-state index in [1.807, 2.05) is 0 Å². The van der Waals surface area contributed by atoms with E-state index in [9.17, 15) is 0 Å². The van der Waals surface area contributed by atoms with Crippen molar-refractivity contribution in [3.63, 3.8) is 0 Å². The fourth-order valence-electron chi connectivity index (χ4n) is 1.16. The quantitative estimate of drug-likeness (QED) is 0.321. The minimum atomic E-state index is 0. The zero-order valence-electron chi connectivity index (χ0n) is 7.83. The van der Waals surface area contributed by atoms with Crippen molar-refractivity contribution in [2.75, 3.05) is 0 Å². The van der Waals surface area contributed by atoms with Crippen LogP contribution in [-0.4, -0.2) is 0 Å². The summed E-state index contributed by atoms with van der Waals surface area (Å²) < 4.78 is 0. The van der Waals surface area contributed by atoms with Gasteiger partial charge >= 0.3 is 0 Å². The Kier molecular flexibility index (Phi) is 10.1. The molecule has 0 fully saturated rings. The van der Waals surface area contributed by atoms with Gasteiger partial charge < -0.3 is 9.41 Å². The first kappa shape index (κ1) is 18.1. The van der Waals surface area contributed by atoms with Gasteiger partial charge in [0.2, 0.25) is 0 Å². The molecule has 0 aromatic carbocycles. The van der Waals surface area contributed by atoms with Gasteiger partial charge in [0.25, 0.3) is 0 Å². The van der Waals surface area contributed by atoms with Crippen molar-refractivity contribution in [1.29, 1.82) is 0 Å². The molecule has 12 heavy (non-hydrogen) atoms. The van der Waals surface area contributed by atoms with Crippen molar-refractivity contribution in [3.8, 4) is 0 Å². The maximum Gasteiger partial charge on any atom is 0 e. The standard InChI is InChI=1S/C9H13.2FH.Hf/c1-6-5-7(2)9(4)8(6)3;;;/h6H,1-4H3;2*1H;/q-1;;;/p-2. The molecule has 0 aliphatic heterocycles. The third kappa shape index (κ3) is 3.30. The fraction of sp³-hybridized carbons (Fsp3) is 0.556. The number of halogens is 2. The molecule has 1 atom stereocenters. The predicted octanol–water partition coefficient (Wildman–Crippen LogP) is -3.27. The Labute approximate surface area is 91.6 Å². The van der Waals surface area contributed by atoms with Gasteiger partial charge in [0, 0.05) is 25.8 Å². The maximum atomic E-state index is 3.36. The molecule has 0 heterocycles. The average Bonchev–Trinajstić information content (AvgIpc) is 1.98. The van der Waals surface area contributed by atoms with Crippen molar-refractivity contribution in [2.24, 2.45) is 5.92 Å². The molecule has 0 aromatic rings. The topological polar surface area (TPSA) is 0 Å². The average molecular weight is 338 g/mol. The molecule has 0 saturated carbocycles. The Morgan fingerprint density at radius 2 is 1.50 bits per heavy atom. The van der Waals surface area contributed by atoms with Crippen LogP contribution in [0.2, 0.25) is 0 Å². The van der Waals surface area contributed by atoms with Crippen molar-refractivity contribution < 1.29 is 35.3 Å². The molecule has 0 aromatic heterocycles. The van der Waals surface area contributed by atoms with Crippen molar-refractivity contribution in [3.05, 3.63) is 22.8 Å². The van der Waals surface area contributed by atoms with Gasteiger partial charge in [0.1, 0.15) is 0 Å². The van der Waals surface area contributed by atoms with Gasteiger partial charge in [-0.3, -0.25) is 6.08 Å². The van der Waals surface area contributed by atoms with Crippen LogP contribution in [-0.2, 0) is 25.8 Å². The molecule has 1 unspecified atom stereocenters. The van der Waals surface area contributed by atoms with Crippen molar-refractivity contribution in [2.45, 2.75) is 27.7 Å². The normalized spacial score (nSPS) is 20.3. The van der Waals surface area contributed by atoms with Gasteiger partial charge in [-0.15, -0.1) is 6.92 Å². The van der Waals surface area contributed by atoms with E-state index in [0.717, 1.165) is 0 Å². The van der Waals surface area contributed by atoms with Crippen LogP contribution in [0.25, 0.3) is 0 Å². The Hall–Kier alpha value is 0.210.